The average Bonchev–Trinajstić information content (AvgIpc) is 3.21. The lowest BCUT2D eigenvalue weighted by Crippen LogP contribution is -2.68. The quantitative estimate of drug-likeness (QED) is 0.720. The molecule has 2 aliphatic carbocycles. The van der Waals surface area contributed by atoms with Crippen molar-refractivity contribution in [3.63, 3.8) is 0 Å². The van der Waals surface area contributed by atoms with Gasteiger partial charge in [0, 0.05) is 29.4 Å². The molecule has 29 heavy (non-hydrogen) atoms. The third-order valence-electron chi connectivity index (χ3n) is 7.34. The van der Waals surface area contributed by atoms with Crippen molar-refractivity contribution in [2.75, 3.05) is 32.8 Å². The van der Waals surface area contributed by atoms with Crippen molar-refractivity contribution in [3.05, 3.63) is 28.2 Å². The fourth-order valence-corrected chi connectivity index (χ4v) is 6.99. The Morgan fingerprint density at radius 3 is 2.76 bits per heavy atom. The van der Waals surface area contributed by atoms with E-state index in [4.69, 9.17) is 16.0 Å². The van der Waals surface area contributed by atoms with E-state index in [1.165, 1.54) is 36.4 Å². The largest absolute Gasteiger partial charge is 0.474 e. The van der Waals surface area contributed by atoms with Crippen LogP contribution in [0.2, 0.25) is 0 Å². The zero-order chi connectivity index (χ0) is 19.4. The van der Waals surface area contributed by atoms with Crippen LogP contribution in [0.1, 0.15) is 48.5 Å². The van der Waals surface area contributed by atoms with Gasteiger partial charge >= 0.3 is 0 Å². The second kappa shape index (κ2) is 6.90. The van der Waals surface area contributed by atoms with E-state index < -0.39 is 0 Å². The second-order valence-corrected chi connectivity index (χ2v) is 10.4. The van der Waals surface area contributed by atoms with Gasteiger partial charge in [-0.05, 0) is 44.1 Å². The molecule has 6 rings (SSSR count). The molecule has 2 aromatic heterocycles. The van der Waals surface area contributed by atoms with Crippen LogP contribution in [0.25, 0.3) is 15.1 Å². The number of aromatic nitrogens is 2. The molecule has 3 fully saturated rings. The maximum Gasteiger partial charge on any atom is 0.225 e. The lowest BCUT2D eigenvalue weighted by atomic mass is 9.75. The zero-order valence-corrected chi connectivity index (χ0v) is 17.4. The molecule has 2 aliphatic heterocycles. The van der Waals surface area contributed by atoms with E-state index in [-0.39, 0.29) is 6.10 Å². The number of hydrogen-bond donors (Lipinski definition) is 0. The van der Waals surface area contributed by atoms with Crippen molar-refractivity contribution in [1.82, 2.24) is 14.9 Å². The summed E-state index contributed by atoms with van der Waals surface area (Å²) in [5.41, 5.74) is 1.81. The van der Waals surface area contributed by atoms with Crippen LogP contribution in [0.4, 0.5) is 0 Å². The van der Waals surface area contributed by atoms with Crippen LogP contribution in [0.3, 0.4) is 0 Å². The molecule has 1 spiro atoms. The molecule has 152 valence electrons. The van der Waals surface area contributed by atoms with Gasteiger partial charge in [0.2, 0.25) is 12.4 Å². The molecular weight excluding hydrogens is 384 g/mol. The first-order valence-corrected chi connectivity index (χ1v) is 11.6. The van der Waals surface area contributed by atoms with Gasteiger partial charge < -0.3 is 14.3 Å². The molecule has 4 aliphatic rings. The zero-order valence-electron chi connectivity index (χ0n) is 16.6. The maximum atomic E-state index is 7.30. The highest BCUT2D eigenvalue weighted by atomic mass is 32.1. The summed E-state index contributed by atoms with van der Waals surface area (Å²) in [5, 5.41) is 1.09. The third kappa shape index (κ3) is 2.96. The van der Waals surface area contributed by atoms with E-state index in [2.05, 4.69) is 19.7 Å². The molecular formula is C22H26N4O2S. The van der Waals surface area contributed by atoms with Gasteiger partial charge in [-0.15, -0.1) is 11.3 Å². The van der Waals surface area contributed by atoms with Gasteiger partial charge in [-0.25, -0.2) is 16.5 Å². The molecule has 2 aromatic rings. The van der Waals surface area contributed by atoms with Gasteiger partial charge in [0.05, 0.1) is 24.5 Å². The SMILES string of the molecule is [C-]#[N+]C[C@H]1CCc2sc3ncnc(OC4CCC(N5CC6(COC6)C5)CC4)c3c21. The summed E-state index contributed by atoms with van der Waals surface area (Å²) in [6, 6.07) is 0.708. The summed E-state index contributed by atoms with van der Waals surface area (Å²) in [6.07, 6.45) is 8.60. The average molecular weight is 411 g/mol. The van der Waals surface area contributed by atoms with Crippen LogP contribution in [0.15, 0.2) is 6.33 Å². The molecule has 0 bridgehead atoms. The van der Waals surface area contributed by atoms with E-state index in [1.807, 2.05) is 0 Å². The number of aryl methyl sites for hydroxylation is 1. The van der Waals surface area contributed by atoms with Crippen LogP contribution in [0, 0.1) is 12.0 Å². The van der Waals surface area contributed by atoms with Gasteiger partial charge in [0.25, 0.3) is 0 Å². The summed E-state index contributed by atoms with van der Waals surface area (Å²) in [6.45, 7) is 12.2. The first kappa shape index (κ1) is 18.1. The lowest BCUT2D eigenvalue weighted by molar-refractivity contribution is -0.201. The first-order chi connectivity index (χ1) is 14.2. The Morgan fingerprint density at radius 1 is 1.21 bits per heavy atom. The summed E-state index contributed by atoms with van der Waals surface area (Å²) in [5.74, 6) is 1.07. The second-order valence-electron chi connectivity index (χ2n) is 9.32. The minimum absolute atomic E-state index is 0.239. The Kier molecular flexibility index (Phi) is 4.30. The van der Waals surface area contributed by atoms with E-state index in [0.29, 0.717) is 23.9 Å². The molecule has 0 unspecified atom stereocenters. The predicted octanol–water partition coefficient (Wildman–Crippen LogP) is 3.66. The number of ether oxygens (including phenoxy) is 2. The third-order valence-corrected chi connectivity index (χ3v) is 8.51. The van der Waals surface area contributed by atoms with Gasteiger partial charge in [0.15, 0.2) is 0 Å². The van der Waals surface area contributed by atoms with Crippen molar-refractivity contribution < 1.29 is 9.47 Å². The van der Waals surface area contributed by atoms with Gasteiger partial charge in [-0.1, -0.05) is 0 Å². The number of nitrogens with zero attached hydrogens (tertiary/aromatic N) is 4. The molecule has 1 atom stereocenters. The standard InChI is InChI=1S/C22H26N4O2S/c1-23-8-14-2-7-17-18(14)19-20(24-13-25-21(19)29-17)28-16-5-3-15(4-6-16)26-9-22(10-26)11-27-12-22/h13-16H,2-12H2/t14-,15?,16?/m1/s1. The molecule has 4 heterocycles. The summed E-state index contributed by atoms with van der Waals surface area (Å²) >= 11 is 1.76. The Balaban J connectivity index is 1.15. The van der Waals surface area contributed by atoms with Crippen LogP contribution in [0.5, 0.6) is 5.88 Å². The van der Waals surface area contributed by atoms with E-state index >= 15 is 0 Å². The first-order valence-electron chi connectivity index (χ1n) is 10.8. The lowest BCUT2D eigenvalue weighted by Gasteiger charge is -2.58. The van der Waals surface area contributed by atoms with Crippen LogP contribution in [-0.4, -0.2) is 59.9 Å². The molecule has 0 aromatic carbocycles. The number of thiophene rings is 1. The highest BCUT2D eigenvalue weighted by Crippen LogP contribution is 2.46. The highest BCUT2D eigenvalue weighted by molar-refractivity contribution is 7.19. The summed E-state index contributed by atoms with van der Waals surface area (Å²) in [7, 11) is 0. The summed E-state index contributed by atoms with van der Waals surface area (Å²) < 4.78 is 11.9. The van der Waals surface area contributed by atoms with E-state index in [0.717, 1.165) is 55.0 Å². The molecule has 0 radical (unpaired) electrons. The Morgan fingerprint density at radius 2 is 2.03 bits per heavy atom. The number of likely N-dealkylation sites (tertiary alicyclic amines) is 1. The number of rotatable bonds is 4. The van der Waals surface area contributed by atoms with Crippen molar-refractivity contribution in [1.29, 1.82) is 0 Å². The Hall–Kier alpha value is -1.75. The monoisotopic (exact) mass is 410 g/mol. The molecule has 1 saturated carbocycles. The number of hydrogen-bond acceptors (Lipinski definition) is 6. The van der Waals surface area contributed by atoms with E-state index in [9.17, 15) is 0 Å². The predicted molar refractivity (Wildman–Crippen MR) is 111 cm³/mol. The van der Waals surface area contributed by atoms with Crippen molar-refractivity contribution in [2.45, 2.75) is 56.6 Å². The topological polar surface area (TPSA) is 51.8 Å². The van der Waals surface area contributed by atoms with Gasteiger partial charge in [-0.2, -0.15) is 0 Å². The Labute approximate surface area is 175 Å². The van der Waals surface area contributed by atoms with Gasteiger partial charge in [0.1, 0.15) is 17.3 Å². The number of fused-ring (bicyclic) bond motifs is 3. The normalized spacial score (nSPS) is 30.5. The van der Waals surface area contributed by atoms with Crippen LogP contribution >= 0.6 is 11.3 Å². The van der Waals surface area contributed by atoms with E-state index in [1.54, 1.807) is 17.7 Å². The van der Waals surface area contributed by atoms with Crippen molar-refractivity contribution in [2.24, 2.45) is 5.41 Å². The Bertz CT molecular complexity index is 963. The smallest absolute Gasteiger partial charge is 0.225 e. The van der Waals surface area contributed by atoms with Crippen LogP contribution < -0.4 is 4.74 Å². The highest BCUT2D eigenvalue weighted by Gasteiger charge is 2.51. The molecule has 2 saturated heterocycles. The fourth-order valence-electron chi connectivity index (χ4n) is 5.76. The molecule has 6 nitrogen and oxygen atoms in total. The van der Waals surface area contributed by atoms with Crippen molar-refractivity contribution in [3.8, 4) is 5.88 Å². The summed E-state index contributed by atoms with van der Waals surface area (Å²) in [4.78, 5) is 17.8. The van der Waals surface area contributed by atoms with Crippen LogP contribution in [-0.2, 0) is 11.2 Å². The molecule has 7 heteroatoms. The molecule has 0 amide bonds. The maximum absolute atomic E-state index is 7.30. The van der Waals surface area contributed by atoms with Gasteiger partial charge in [-0.3, -0.25) is 4.90 Å². The minimum Gasteiger partial charge on any atom is -0.474 e. The van der Waals surface area contributed by atoms with Crippen molar-refractivity contribution >= 4 is 21.6 Å². The molecule has 0 N–H and O–H groups in total. The fraction of sp³-hybridized carbons (Fsp3) is 0.682. The minimum atomic E-state index is 0.239.